The predicted octanol–water partition coefficient (Wildman–Crippen LogP) is 3.70. The number of nitrogens with zero attached hydrogens (tertiary/aromatic N) is 1. The molecule has 0 bridgehead atoms. The zero-order chi connectivity index (χ0) is 12.4. The van der Waals surface area contributed by atoms with Gasteiger partial charge in [0.1, 0.15) is 11.6 Å². The normalized spacial score (nSPS) is 10.6. The molecule has 0 saturated heterocycles. The molecule has 0 atom stereocenters. The largest absolute Gasteiger partial charge is 0.444 e. The summed E-state index contributed by atoms with van der Waals surface area (Å²) in [5.41, 5.74) is 1.18. The van der Waals surface area contributed by atoms with Crippen LogP contribution in [0.2, 0.25) is 5.02 Å². The highest BCUT2D eigenvalue weighted by Crippen LogP contribution is 2.20. The van der Waals surface area contributed by atoms with Crippen molar-refractivity contribution in [3.63, 3.8) is 0 Å². The molecular weight excluding hydrogens is 243 g/mol. The first-order chi connectivity index (χ1) is 8.06. The minimum atomic E-state index is -0.352. The van der Waals surface area contributed by atoms with Crippen LogP contribution in [-0.2, 0) is 6.54 Å². The molecular formula is C12H12ClFN2O. The molecule has 0 aliphatic heterocycles. The fourth-order valence-corrected chi connectivity index (χ4v) is 1.59. The smallest absolute Gasteiger partial charge is 0.213 e. The van der Waals surface area contributed by atoms with E-state index in [0.717, 1.165) is 11.5 Å². The Kier molecular flexibility index (Phi) is 3.33. The molecule has 17 heavy (non-hydrogen) atoms. The Morgan fingerprint density at radius 3 is 2.82 bits per heavy atom. The van der Waals surface area contributed by atoms with Crippen LogP contribution in [0.25, 0.3) is 0 Å². The zero-order valence-corrected chi connectivity index (χ0v) is 10.3. The Morgan fingerprint density at radius 1 is 1.41 bits per heavy atom. The number of hydrogen-bond donors (Lipinski definition) is 1. The lowest BCUT2D eigenvalue weighted by atomic mass is 10.3. The third-order valence-corrected chi connectivity index (χ3v) is 2.67. The summed E-state index contributed by atoms with van der Waals surface area (Å²) < 4.78 is 18.8. The van der Waals surface area contributed by atoms with Crippen molar-refractivity contribution in [1.82, 2.24) is 4.98 Å². The first-order valence-corrected chi connectivity index (χ1v) is 5.56. The summed E-state index contributed by atoms with van der Waals surface area (Å²) in [5, 5.41) is 3.38. The zero-order valence-electron chi connectivity index (χ0n) is 9.55. The number of halogens is 2. The average molecular weight is 255 g/mol. The van der Waals surface area contributed by atoms with Crippen molar-refractivity contribution in [3.8, 4) is 0 Å². The number of hydrogen-bond acceptors (Lipinski definition) is 3. The summed E-state index contributed by atoms with van der Waals surface area (Å²) >= 11 is 5.78. The molecule has 3 nitrogen and oxygen atoms in total. The molecule has 0 aliphatic carbocycles. The van der Waals surface area contributed by atoms with Gasteiger partial charge in [-0.05, 0) is 32.0 Å². The van der Waals surface area contributed by atoms with Crippen LogP contribution in [0.4, 0.5) is 10.1 Å². The third-order valence-electron chi connectivity index (χ3n) is 2.43. The highest BCUT2D eigenvalue weighted by molar-refractivity contribution is 6.30. The van der Waals surface area contributed by atoms with E-state index in [2.05, 4.69) is 10.3 Å². The van der Waals surface area contributed by atoms with Gasteiger partial charge in [-0.2, -0.15) is 0 Å². The van der Waals surface area contributed by atoms with Crippen LogP contribution in [0.3, 0.4) is 0 Å². The van der Waals surface area contributed by atoms with Gasteiger partial charge >= 0.3 is 0 Å². The summed E-state index contributed by atoms with van der Waals surface area (Å²) in [6.45, 7) is 4.03. The molecule has 1 aromatic carbocycles. The van der Waals surface area contributed by atoms with Crippen LogP contribution in [0, 0.1) is 19.7 Å². The second-order valence-corrected chi connectivity index (χ2v) is 4.16. The van der Waals surface area contributed by atoms with Crippen LogP contribution in [0.15, 0.2) is 22.6 Å². The number of anilines is 1. The number of oxazole rings is 1. The predicted molar refractivity (Wildman–Crippen MR) is 64.7 cm³/mol. The molecule has 0 spiro atoms. The van der Waals surface area contributed by atoms with E-state index in [0.29, 0.717) is 23.1 Å². The van der Waals surface area contributed by atoms with Crippen LogP contribution < -0.4 is 5.32 Å². The van der Waals surface area contributed by atoms with E-state index >= 15 is 0 Å². The summed E-state index contributed by atoms with van der Waals surface area (Å²) in [7, 11) is 0. The van der Waals surface area contributed by atoms with Gasteiger partial charge in [-0.25, -0.2) is 9.37 Å². The SMILES string of the molecule is Cc1nc(CNc2cc(Cl)ccc2F)oc1C. The van der Waals surface area contributed by atoms with Gasteiger partial charge in [-0.15, -0.1) is 0 Å². The topological polar surface area (TPSA) is 38.1 Å². The van der Waals surface area contributed by atoms with Gasteiger partial charge in [0.05, 0.1) is 17.9 Å². The van der Waals surface area contributed by atoms with E-state index in [4.69, 9.17) is 16.0 Å². The Morgan fingerprint density at radius 2 is 2.18 bits per heavy atom. The second kappa shape index (κ2) is 4.75. The quantitative estimate of drug-likeness (QED) is 0.908. The first-order valence-electron chi connectivity index (χ1n) is 5.18. The first kappa shape index (κ1) is 11.9. The van der Waals surface area contributed by atoms with Gasteiger partial charge in [-0.3, -0.25) is 0 Å². The van der Waals surface area contributed by atoms with Crippen molar-refractivity contribution >= 4 is 17.3 Å². The summed E-state index contributed by atoms with van der Waals surface area (Å²) in [4.78, 5) is 4.19. The van der Waals surface area contributed by atoms with Gasteiger partial charge in [-0.1, -0.05) is 11.6 Å². The van der Waals surface area contributed by atoms with E-state index in [-0.39, 0.29) is 5.82 Å². The number of rotatable bonds is 3. The average Bonchev–Trinajstić information content (AvgIpc) is 2.60. The van der Waals surface area contributed by atoms with Crippen molar-refractivity contribution in [2.45, 2.75) is 20.4 Å². The summed E-state index contributed by atoms with van der Waals surface area (Å²) in [6, 6.07) is 4.35. The summed E-state index contributed by atoms with van der Waals surface area (Å²) in [6.07, 6.45) is 0. The molecule has 0 saturated carbocycles. The minimum absolute atomic E-state index is 0.325. The highest BCUT2D eigenvalue weighted by atomic mass is 35.5. The lowest BCUT2D eigenvalue weighted by Crippen LogP contribution is -2.01. The lowest BCUT2D eigenvalue weighted by molar-refractivity contribution is 0.478. The maximum Gasteiger partial charge on any atom is 0.213 e. The Bertz CT molecular complexity index is 520. The maximum absolute atomic E-state index is 13.4. The molecule has 1 aromatic heterocycles. The molecule has 0 radical (unpaired) electrons. The minimum Gasteiger partial charge on any atom is -0.444 e. The monoisotopic (exact) mass is 254 g/mol. The molecule has 1 N–H and O–H groups in total. The van der Waals surface area contributed by atoms with Gasteiger partial charge in [0.15, 0.2) is 0 Å². The molecule has 1 heterocycles. The molecule has 2 rings (SSSR count). The summed E-state index contributed by atoms with van der Waals surface area (Å²) in [5.74, 6) is 0.946. The Balaban J connectivity index is 2.09. The number of aryl methyl sites for hydroxylation is 2. The van der Waals surface area contributed by atoms with E-state index in [1.807, 2.05) is 13.8 Å². The molecule has 5 heteroatoms. The molecule has 0 aliphatic rings. The van der Waals surface area contributed by atoms with E-state index in [1.165, 1.54) is 18.2 Å². The van der Waals surface area contributed by atoms with Crippen LogP contribution >= 0.6 is 11.6 Å². The Labute approximate surface area is 104 Å². The van der Waals surface area contributed by atoms with Crippen molar-refractivity contribution in [3.05, 3.63) is 46.4 Å². The molecule has 0 amide bonds. The second-order valence-electron chi connectivity index (χ2n) is 3.73. The fraction of sp³-hybridized carbons (Fsp3) is 0.250. The molecule has 2 aromatic rings. The lowest BCUT2D eigenvalue weighted by Gasteiger charge is -2.05. The van der Waals surface area contributed by atoms with Gasteiger partial charge < -0.3 is 9.73 Å². The van der Waals surface area contributed by atoms with Gasteiger partial charge in [0.2, 0.25) is 5.89 Å². The van der Waals surface area contributed by atoms with Crippen molar-refractivity contribution in [1.29, 1.82) is 0 Å². The van der Waals surface area contributed by atoms with Crippen molar-refractivity contribution in [2.75, 3.05) is 5.32 Å². The van der Waals surface area contributed by atoms with Crippen molar-refractivity contribution in [2.24, 2.45) is 0 Å². The number of benzene rings is 1. The van der Waals surface area contributed by atoms with Crippen LogP contribution in [0.5, 0.6) is 0 Å². The Hall–Kier alpha value is -1.55. The standard InChI is InChI=1S/C12H12ClFN2O/c1-7-8(2)17-12(16-7)6-15-11-5-9(13)3-4-10(11)14/h3-5,15H,6H2,1-2H3. The third kappa shape index (κ3) is 2.77. The maximum atomic E-state index is 13.4. The van der Waals surface area contributed by atoms with Gasteiger partial charge in [0, 0.05) is 5.02 Å². The number of aromatic nitrogens is 1. The van der Waals surface area contributed by atoms with Crippen molar-refractivity contribution < 1.29 is 8.81 Å². The van der Waals surface area contributed by atoms with E-state index < -0.39 is 0 Å². The van der Waals surface area contributed by atoms with E-state index in [9.17, 15) is 4.39 Å². The molecule has 90 valence electrons. The van der Waals surface area contributed by atoms with Crippen LogP contribution in [-0.4, -0.2) is 4.98 Å². The molecule has 0 unspecified atom stereocenters. The fourth-order valence-electron chi connectivity index (χ4n) is 1.42. The van der Waals surface area contributed by atoms with Gasteiger partial charge in [0.25, 0.3) is 0 Å². The molecule has 0 fully saturated rings. The number of nitrogens with one attached hydrogen (secondary N) is 1. The van der Waals surface area contributed by atoms with E-state index in [1.54, 1.807) is 0 Å². The van der Waals surface area contributed by atoms with Crippen LogP contribution in [0.1, 0.15) is 17.3 Å². The highest BCUT2D eigenvalue weighted by Gasteiger charge is 2.07.